The van der Waals surface area contributed by atoms with Crippen molar-refractivity contribution in [3.63, 3.8) is 0 Å². The van der Waals surface area contributed by atoms with E-state index in [1.165, 1.54) is 29.8 Å². The molecular formula is C18H28FN3S. The molecule has 0 aromatic heterocycles. The molecule has 1 aliphatic heterocycles. The van der Waals surface area contributed by atoms with Gasteiger partial charge in [0.25, 0.3) is 0 Å². The minimum atomic E-state index is 0.840. The van der Waals surface area contributed by atoms with Gasteiger partial charge in [-0.05, 0) is 36.6 Å². The lowest BCUT2D eigenvalue weighted by atomic mass is 10.1. The van der Waals surface area contributed by atoms with E-state index >= 15 is 0 Å². The summed E-state index contributed by atoms with van der Waals surface area (Å²) in [5.41, 5.74) is 10.7. The van der Waals surface area contributed by atoms with Gasteiger partial charge in [0.05, 0.1) is 11.4 Å². The first-order valence-electron chi connectivity index (χ1n) is 8.12. The summed E-state index contributed by atoms with van der Waals surface area (Å²) < 4.78 is 9.19. The van der Waals surface area contributed by atoms with Crippen molar-refractivity contribution in [1.29, 1.82) is 0 Å². The van der Waals surface area contributed by atoms with E-state index in [-0.39, 0.29) is 0 Å². The van der Waals surface area contributed by atoms with Crippen molar-refractivity contribution < 1.29 is 3.89 Å². The largest absolute Gasteiger partial charge is 0.399 e. The van der Waals surface area contributed by atoms with Crippen LogP contribution in [0.15, 0.2) is 42.0 Å². The second kappa shape index (κ2) is 10.2. The van der Waals surface area contributed by atoms with Gasteiger partial charge >= 0.3 is 0 Å². The summed E-state index contributed by atoms with van der Waals surface area (Å²) in [6.07, 6.45) is 9.23. The summed E-state index contributed by atoms with van der Waals surface area (Å²) in [5.74, 6) is 0. The van der Waals surface area contributed by atoms with Crippen molar-refractivity contribution in [2.75, 3.05) is 42.2 Å². The smallest absolute Gasteiger partial charge is 0.0628 e. The Morgan fingerprint density at radius 2 is 1.87 bits per heavy atom. The molecule has 0 radical (unpaired) electrons. The lowest BCUT2D eigenvalue weighted by molar-refractivity contribution is 0.762. The van der Waals surface area contributed by atoms with E-state index in [9.17, 15) is 3.89 Å². The van der Waals surface area contributed by atoms with Crippen LogP contribution >= 0.6 is 13.0 Å². The first-order valence-corrected chi connectivity index (χ1v) is 8.46. The third-order valence-electron chi connectivity index (χ3n) is 3.90. The Hall–Kier alpha value is -1.62. The van der Waals surface area contributed by atoms with Crippen molar-refractivity contribution in [3.8, 4) is 0 Å². The molecule has 0 unspecified atom stereocenters. The molecule has 23 heavy (non-hydrogen) atoms. The molecular weight excluding hydrogens is 309 g/mol. The summed E-state index contributed by atoms with van der Waals surface area (Å²) in [5, 5.41) is 0. The van der Waals surface area contributed by atoms with Gasteiger partial charge in [-0.3, -0.25) is 0 Å². The van der Waals surface area contributed by atoms with Crippen LogP contribution in [0.25, 0.3) is 0 Å². The predicted molar refractivity (Wildman–Crippen MR) is 104 cm³/mol. The monoisotopic (exact) mass is 337 g/mol. The number of thiol groups is 1. The number of halogens is 1. The zero-order valence-corrected chi connectivity index (χ0v) is 15.2. The summed E-state index contributed by atoms with van der Waals surface area (Å²) >= 11 is 2.03. The van der Waals surface area contributed by atoms with E-state index < -0.39 is 0 Å². The van der Waals surface area contributed by atoms with Gasteiger partial charge in [-0.15, -0.1) is 0 Å². The predicted octanol–water partition coefficient (Wildman–Crippen LogP) is 4.63. The standard InChI is InChI=1S/C16H21N3.C2H6.FHS/c1-18-9-10-19(12-13-5-3-2-4-6-13)16-11-14(17)7-8-15(16)18;2*1-2/h3,5-8,11H,2,4,9-10,12,17H2,1H3;1-2H3;2H. The number of nitrogens with zero attached hydrogens (tertiary/aromatic N) is 2. The van der Waals surface area contributed by atoms with Gasteiger partial charge in [-0.25, -0.2) is 0 Å². The minimum absolute atomic E-state index is 0.840. The van der Waals surface area contributed by atoms with Crippen molar-refractivity contribution in [2.24, 2.45) is 0 Å². The average Bonchev–Trinajstić information content (AvgIpc) is 2.62. The van der Waals surface area contributed by atoms with Gasteiger partial charge < -0.3 is 15.5 Å². The van der Waals surface area contributed by atoms with E-state index in [1.54, 1.807) is 0 Å². The molecule has 3 nitrogen and oxygen atoms in total. The molecule has 0 fully saturated rings. The number of nitrogens with two attached hydrogens (primary N) is 1. The fourth-order valence-electron chi connectivity index (χ4n) is 2.80. The fraction of sp³-hybridized carbons (Fsp3) is 0.444. The molecule has 0 saturated carbocycles. The first-order chi connectivity index (χ1) is 11.2. The Bertz CT molecular complexity index is 543. The maximum absolute atomic E-state index is 9.19. The highest BCUT2D eigenvalue weighted by Crippen LogP contribution is 2.34. The molecule has 0 atom stereocenters. The maximum Gasteiger partial charge on any atom is 0.0628 e. The molecule has 1 heterocycles. The van der Waals surface area contributed by atoms with Gasteiger partial charge in [0.15, 0.2) is 0 Å². The average molecular weight is 338 g/mol. The molecule has 0 bridgehead atoms. The molecule has 0 saturated heterocycles. The quantitative estimate of drug-likeness (QED) is 0.610. The Balaban J connectivity index is 0.000000615. The Kier molecular flexibility index (Phi) is 8.62. The van der Waals surface area contributed by atoms with Crippen LogP contribution in [0.4, 0.5) is 20.9 Å². The van der Waals surface area contributed by atoms with Crippen molar-refractivity contribution in [2.45, 2.75) is 26.7 Å². The lowest BCUT2D eigenvalue weighted by Crippen LogP contribution is -2.40. The maximum atomic E-state index is 9.19. The number of benzene rings is 1. The zero-order chi connectivity index (χ0) is 17.2. The van der Waals surface area contributed by atoms with Gasteiger partial charge in [0.2, 0.25) is 0 Å². The number of nitrogen functional groups attached to an aromatic ring is 1. The van der Waals surface area contributed by atoms with Gasteiger partial charge in [-0.2, -0.15) is 3.89 Å². The molecule has 2 N–H and O–H groups in total. The summed E-state index contributed by atoms with van der Waals surface area (Å²) in [4.78, 5) is 4.74. The van der Waals surface area contributed by atoms with E-state index in [1.807, 2.05) is 32.9 Å². The molecule has 128 valence electrons. The SMILES string of the molecule is CC.CN1CCN(CC2=CCCC=C2)c2cc(N)ccc21.FS. The Morgan fingerprint density at radius 3 is 2.52 bits per heavy atom. The van der Waals surface area contributed by atoms with Gasteiger partial charge in [0.1, 0.15) is 0 Å². The molecule has 5 heteroatoms. The summed E-state index contributed by atoms with van der Waals surface area (Å²) in [7, 11) is 2.14. The third-order valence-corrected chi connectivity index (χ3v) is 3.90. The second-order valence-electron chi connectivity index (χ2n) is 5.35. The molecule has 1 aromatic rings. The van der Waals surface area contributed by atoms with Crippen LogP contribution in [0.5, 0.6) is 0 Å². The van der Waals surface area contributed by atoms with E-state index in [0.29, 0.717) is 0 Å². The lowest BCUT2D eigenvalue weighted by Gasteiger charge is -2.37. The molecule has 1 aliphatic carbocycles. The fourth-order valence-corrected chi connectivity index (χ4v) is 2.80. The van der Waals surface area contributed by atoms with E-state index in [4.69, 9.17) is 5.73 Å². The highest BCUT2D eigenvalue weighted by molar-refractivity contribution is 7.74. The number of rotatable bonds is 2. The van der Waals surface area contributed by atoms with Gasteiger partial charge in [-0.1, -0.05) is 32.1 Å². The topological polar surface area (TPSA) is 32.5 Å². The van der Waals surface area contributed by atoms with E-state index in [0.717, 1.165) is 25.3 Å². The Morgan fingerprint density at radius 1 is 1.13 bits per heavy atom. The number of fused-ring (bicyclic) bond motifs is 1. The normalized spacial score (nSPS) is 15.6. The number of hydrogen-bond donors (Lipinski definition) is 2. The van der Waals surface area contributed by atoms with Crippen LogP contribution in [0.2, 0.25) is 0 Å². The zero-order valence-electron chi connectivity index (χ0n) is 14.3. The molecule has 3 rings (SSSR count). The molecule has 2 aliphatic rings. The number of hydrogen-bond acceptors (Lipinski definition) is 4. The van der Waals surface area contributed by atoms with Crippen LogP contribution in [-0.2, 0) is 0 Å². The van der Waals surface area contributed by atoms with Crippen LogP contribution in [0.3, 0.4) is 0 Å². The van der Waals surface area contributed by atoms with Crippen molar-refractivity contribution in [1.82, 2.24) is 0 Å². The van der Waals surface area contributed by atoms with Crippen LogP contribution < -0.4 is 15.5 Å². The first kappa shape index (κ1) is 19.4. The molecule has 0 spiro atoms. The van der Waals surface area contributed by atoms with Crippen LogP contribution in [-0.4, -0.2) is 26.7 Å². The number of allylic oxidation sites excluding steroid dienone is 2. The highest BCUT2D eigenvalue weighted by atomic mass is 32.1. The third kappa shape index (κ3) is 5.20. The molecule has 1 aromatic carbocycles. The minimum Gasteiger partial charge on any atom is -0.399 e. The highest BCUT2D eigenvalue weighted by Gasteiger charge is 2.20. The van der Waals surface area contributed by atoms with Crippen LogP contribution in [0.1, 0.15) is 26.7 Å². The van der Waals surface area contributed by atoms with Crippen molar-refractivity contribution in [3.05, 3.63) is 42.0 Å². The van der Waals surface area contributed by atoms with Crippen LogP contribution in [0, 0.1) is 0 Å². The number of anilines is 3. The van der Waals surface area contributed by atoms with E-state index in [2.05, 4.69) is 47.2 Å². The number of likely N-dealkylation sites (N-methyl/N-ethyl adjacent to an activating group) is 1. The molecule has 0 amide bonds. The van der Waals surface area contributed by atoms with Gasteiger partial charge in [0, 0.05) is 45.4 Å². The summed E-state index contributed by atoms with van der Waals surface area (Å²) in [6, 6.07) is 6.21. The Labute approximate surface area is 145 Å². The summed E-state index contributed by atoms with van der Waals surface area (Å²) in [6.45, 7) is 7.10. The van der Waals surface area contributed by atoms with Crippen molar-refractivity contribution >= 4 is 30.1 Å². The second-order valence-corrected chi connectivity index (χ2v) is 5.35.